The Hall–Kier alpha value is -2.07. The number of morpholine rings is 1. The summed E-state index contributed by atoms with van der Waals surface area (Å²) in [4.78, 5) is 11.6. The molecule has 30 heavy (non-hydrogen) atoms. The molecule has 0 spiro atoms. The van der Waals surface area contributed by atoms with Gasteiger partial charge in [-0.05, 0) is 31.5 Å². The Kier molecular flexibility index (Phi) is 11.3. The van der Waals surface area contributed by atoms with Crippen molar-refractivity contribution in [2.45, 2.75) is 19.9 Å². The number of aromatic nitrogens is 1. The normalized spacial score (nSPS) is 14.0. The van der Waals surface area contributed by atoms with Gasteiger partial charge in [-0.1, -0.05) is 24.3 Å². The van der Waals surface area contributed by atoms with Crippen LogP contribution in [0.15, 0.2) is 53.7 Å². The molecule has 0 aliphatic carbocycles. The highest BCUT2D eigenvalue weighted by Gasteiger charge is 2.15. The van der Waals surface area contributed by atoms with Gasteiger partial charge in [0.15, 0.2) is 5.96 Å². The molecule has 1 aliphatic heterocycles. The third kappa shape index (κ3) is 7.98. The summed E-state index contributed by atoms with van der Waals surface area (Å²) in [5.74, 6) is 2.72. The Bertz CT molecular complexity index is 754. The van der Waals surface area contributed by atoms with E-state index in [0.717, 1.165) is 68.9 Å². The van der Waals surface area contributed by atoms with Gasteiger partial charge in [0, 0.05) is 37.9 Å². The molecule has 1 aromatic carbocycles. The van der Waals surface area contributed by atoms with Crippen LogP contribution in [0.4, 0.5) is 5.82 Å². The maximum atomic E-state index is 5.74. The zero-order valence-corrected chi connectivity index (χ0v) is 19.9. The molecule has 2 aromatic rings. The van der Waals surface area contributed by atoms with E-state index in [4.69, 9.17) is 14.5 Å². The maximum Gasteiger partial charge on any atom is 0.191 e. The number of nitrogens with one attached hydrogen (secondary N) is 2. The second kappa shape index (κ2) is 14.0. The number of nitrogens with zero attached hydrogens (tertiary/aromatic N) is 3. The summed E-state index contributed by atoms with van der Waals surface area (Å²) in [6.07, 6.45) is 2.74. The first-order valence-electron chi connectivity index (χ1n) is 10.3. The zero-order valence-electron chi connectivity index (χ0n) is 17.5. The van der Waals surface area contributed by atoms with Crippen LogP contribution in [0.2, 0.25) is 0 Å². The summed E-state index contributed by atoms with van der Waals surface area (Å²) in [5, 5.41) is 6.69. The van der Waals surface area contributed by atoms with Crippen molar-refractivity contribution in [3.8, 4) is 5.75 Å². The lowest BCUT2D eigenvalue weighted by atomic mass is 10.2. The molecule has 2 N–H and O–H groups in total. The molecule has 0 bridgehead atoms. The lowest BCUT2D eigenvalue weighted by molar-refractivity contribution is 0.122. The summed E-state index contributed by atoms with van der Waals surface area (Å²) in [7, 11) is 0. The molecule has 0 atom stereocenters. The summed E-state index contributed by atoms with van der Waals surface area (Å²) in [5.41, 5.74) is 1.12. The van der Waals surface area contributed by atoms with Crippen molar-refractivity contribution in [1.82, 2.24) is 15.6 Å². The van der Waals surface area contributed by atoms with E-state index >= 15 is 0 Å². The van der Waals surface area contributed by atoms with Gasteiger partial charge in [0.2, 0.25) is 0 Å². The number of hydrogen-bond acceptors (Lipinski definition) is 5. The Morgan fingerprint density at radius 1 is 1.13 bits per heavy atom. The molecular formula is C22H32IN5O2. The van der Waals surface area contributed by atoms with E-state index in [0.29, 0.717) is 13.2 Å². The van der Waals surface area contributed by atoms with Gasteiger partial charge in [-0.15, -0.1) is 24.0 Å². The fourth-order valence-electron chi connectivity index (χ4n) is 3.11. The van der Waals surface area contributed by atoms with Crippen LogP contribution in [0.25, 0.3) is 0 Å². The molecule has 2 heterocycles. The van der Waals surface area contributed by atoms with Gasteiger partial charge in [-0.2, -0.15) is 0 Å². The smallest absolute Gasteiger partial charge is 0.191 e. The van der Waals surface area contributed by atoms with Crippen molar-refractivity contribution < 1.29 is 9.47 Å². The highest BCUT2D eigenvalue weighted by Crippen LogP contribution is 2.19. The Balaban J connectivity index is 0.00000320. The highest BCUT2D eigenvalue weighted by molar-refractivity contribution is 14.0. The number of pyridine rings is 1. The summed E-state index contributed by atoms with van der Waals surface area (Å²) >= 11 is 0. The topological polar surface area (TPSA) is 71.0 Å². The van der Waals surface area contributed by atoms with Crippen molar-refractivity contribution >= 4 is 35.8 Å². The number of ether oxygens (including phenoxy) is 2. The minimum absolute atomic E-state index is 0. The minimum atomic E-state index is 0. The molecule has 1 aliphatic rings. The van der Waals surface area contributed by atoms with Gasteiger partial charge in [0.25, 0.3) is 0 Å². The van der Waals surface area contributed by atoms with Crippen LogP contribution in [0, 0.1) is 0 Å². The first kappa shape index (κ1) is 24.2. The summed E-state index contributed by atoms with van der Waals surface area (Å²) in [6, 6.07) is 14.0. The SMILES string of the molecule is CCNC(=NCc1cccnc1N1CCOCC1)NCCCOc1ccccc1.I. The average molecular weight is 525 g/mol. The van der Waals surface area contributed by atoms with Crippen molar-refractivity contribution in [3.63, 3.8) is 0 Å². The van der Waals surface area contributed by atoms with Crippen molar-refractivity contribution in [2.24, 2.45) is 4.99 Å². The number of benzene rings is 1. The van der Waals surface area contributed by atoms with Crippen LogP contribution in [0.5, 0.6) is 5.75 Å². The lowest BCUT2D eigenvalue weighted by Gasteiger charge is -2.29. The maximum absolute atomic E-state index is 5.74. The summed E-state index contributed by atoms with van der Waals surface area (Å²) in [6.45, 7) is 8.15. The quantitative estimate of drug-likeness (QED) is 0.227. The highest BCUT2D eigenvalue weighted by atomic mass is 127. The molecule has 1 fully saturated rings. The molecule has 0 radical (unpaired) electrons. The zero-order chi connectivity index (χ0) is 20.2. The number of para-hydroxylation sites is 1. The van der Waals surface area contributed by atoms with Crippen molar-refractivity contribution in [3.05, 3.63) is 54.2 Å². The van der Waals surface area contributed by atoms with Gasteiger partial charge in [0.05, 0.1) is 26.4 Å². The molecule has 7 nitrogen and oxygen atoms in total. The molecule has 0 saturated carbocycles. The number of guanidine groups is 1. The first-order valence-corrected chi connectivity index (χ1v) is 10.3. The van der Waals surface area contributed by atoms with E-state index < -0.39 is 0 Å². The summed E-state index contributed by atoms with van der Waals surface area (Å²) < 4.78 is 11.2. The molecule has 3 rings (SSSR count). The molecule has 164 valence electrons. The third-order valence-electron chi connectivity index (χ3n) is 4.56. The average Bonchev–Trinajstić information content (AvgIpc) is 2.78. The van der Waals surface area contributed by atoms with E-state index in [1.807, 2.05) is 42.6 Å². The van der Waals surface area contributed by atoms with E-state index in [2.05, 4.69) is 33.5 Å². The Morgan fingerprint density at radius 2 is 1.93 bits per heavy atom. The van der Waals surface area contributed by atoms with Crippen LogP contribution in [-0.4, -0.2) is 56.9 Å². The fourth-order valence-corrected chi connectivity index (χ4v) is 3.11. The Labute approximate surface area is 196 Å². The van der Waals surface area contributed by atoms with E-state index in [9.17, 15) is 0 Å². The minimum Gasteiger partial charge on any atom is -0.494 e. The van der Waals surface area contributed by atoms with E-state index in [-0.39, 0.29) is 24.0 Å². The van der Waals surface area contributed by atoms with Crippen molar-refractivity contribution in [2.75, 3.05) is 50.9 Å². The fraction of sp³-hybridized carbons (Fsp3) is 0.455. The lowest BCUT2D eigenvalue weighted by Crippen LogP contribution is -2.38. The van der Waals surface area contributed by atoms with Gasteiger partial charge in [0.1, 0.15) is 11.6 Å². The number of anilines is 1. The van der Waals surface area contributed by atoms with Gasteiger partial charge >= 0.3 is 0 Å². The molecule has 0 unspecified atom stereocenters. The standard InChI is InChI=1S/C22H31N5O2.HI/c1-2-23-22(25-12-7-15-29-20-9-4-3-5-10-20)26-18-19-8-6-11-24-21(19)27-13-16-28-17-14-27;/h3-6,8-11H,2,7,12-18H2,1H3,(H2,23,25,26);1H. The molecule has 1 aromatic heterocycles. The second-order valence-electron chi connectivity index (χ2n) is 6.72. The molecular weight excluding hydrogens is 493 g/mol. The predicted molar refractivity (Wildman–Crippen MR) is 132 cm³/mol. The number of hydrogen-bond donors (Lipinski definition) is 2. The van der Waals surface area contributed by atoms with Crippen LogP contribution >= 0.6 is 24.0 Å². The van der Waals surface area contributed by atoms with Crippen molar-refractivity contribution in [1.29, 1.82) is 0 Å². The molecule has 0 amide bonds. The monoisotopic (exact) mass is 525 g/mol. The van der Waals surface area contributed by atoms with Crippen LogP contribution < -0.4 is 20.3 Å². The number of aliphatic imine (C=N–C) groups is 1. The van der Waals surface area contributed by atoms with Gasteiger partial charge in [-0.25, -0.2) is 9.98 Å². The molecule has 8 heteroatoms. The van der Waals surface area contributed by atoms with Gasteiger partial charge < -0.3 is 25.0 Å². The Morgan fingerprint density at radius 3 is 2.70 bits per heavy atom. The van der Waals surface area contributed by atoms with Crippen LogP contribution in [0.3, 0.4) is 0 Å². The van der Waals surface area contributed by atoms with E-state index in [1.165, 1.54) is 0 Å². The molecule has 1 saturated heterocycles. The predicted octanol–water partition coefficient (Wildman–Crippen LogP) is 3.06. The first-order chi connectivity index (χ1) is 14.4. The largest absolute Gasteiger partial charge is 0.494 e. The van der Waals surface area contributed by atoms with Crippen LogP contribution in [0.1, 0.15) is 18.9 Å². The number of halogens is 1. The van der Waals surface area contributed by atoms with E-state index in [1.54, 1.807) is 0 Å². The third-order valence-corrected chi connectivity index (χ3v) is 4.56. The second-order valence-corrected chi connectivity index (χ2v) is 6.72. The number of rotatable bonds is 9. The van der Waals surface area contributed by atoms with Gasteiger partial charge in [-0.3, -0.25) is 0 Å². The van der Waals surface area contributed by atoms with Crippen LogP contribution in [-0.2, 0) is 11.3 Å².